The Hall–Kier alpha value is -1.14. The average Bonchev–Trinajstić information content (AvgIpc) is 2.39. The number of hydrogen-bond acceptors (Lipinski definition) is 6. The minimum absolute atomic E-state index is 0.142. The molecular formula is C13H23ClN4O2. The molecule has 114 valence electrons. The van der Waals surface area contributed by atoms with Gasteiger partial charge in [-0.2, -0.15) is 15.0 Å². The summed E-state index contributed by atoms with van der Waals surface area (Å²) in [6.07, 6.45) is 0.730. The normalized spacial score (nSPS) is 11.5. The smallest absolute Gasteiger partial charge is 0.322 e. The molecule has 0 aliphatic heterocycles. The first-order valence-electron chi connectivity index (χ1n) is 6.76. The minimum Gasteiger partial charge on any atom is -0.463 e. The SMILES string of the molecule is CCN(CC)c1nc(Cl)nc(OCCC(C)(C)OC)n1. The second-order valence-electron chi connectivity index (χ2n) is 4.92. The number of hydrogen-bond donors (Lipinski definition) is 0. The number of anilines is 1. The van der Waals surface area contributed by atoms with Gasteiger partial charge in [-0.25, -0.2) is 0 Å². The zero-order valence-electron chi connectivity index (χ0n) is 12.8. The van der Waals surface area contributed by atoms with Crippen LogP contribution in [0.3, 0.4) is 0 Å². The molecule has 0 N–H and O–H groups in total. The summed E-state index contributed by atoms with van der Waals surface area (Å²) in [6.45, 7) is 10.1. The van der Waals surface area contributed by atoms with Crippen molar-refractivity contribution in [2.75, 3.05) is 31.7 Å². The van der Waals surface area contributed by atoms with Gasteiger partial charge in [-0.05, 0) is 39.3 Å². The number of methoxy groups -OCH3 is 1. The van der Waals surface area contributed by atoms with E-state index in [2.05, 4.69) is 15.0 Å². The molecule has 20 heavy (non-hydrogen) atoms. The first-order valence-corrected chi connectivity index (χ1v) is 7.14. The van der Waals surface area contributed by atoms with Crippen molar-refractivity contribution < 1.29 is 9.47 Å². The lowest BCUT2D eigenvalue weighted by Crippen LogP contribution is -2.26. The summed E-state index contributed by atoms with van der Waals surface area (Å²) in [5.74, 6) is 0.538. The standard InChI is InChI=1S/C13H23ClN4O2/c1-6-18(7-2)11-15-10(14)16-12(17-11)20-9-8-13(3,4)19-5/h6-9H2,1-5H3. The van der Waals surface area contributed by atoms with E-state index in [-0.39, 0.29) is 16.9 Å². The van der Waals surface area contributed by atoms with Crippen LogP contribution in [0.25, 0.3) is 0 Å². The largest absolute Gasteiger partial charge is 0.463 e. The lowest BCUT2D eigenvalue weighted by molar-refractivity contribution is 0.00466. The van der Waals surface area contributed by atoms with Crippen LogP contribution < -0.4 is 9.64 Å². The van der Waals surface area contributed by atoms with Crippen molar-refractivity contribution in [3.8, 4) is 6.01 Å². The van der Waals surface area contributed by atoms with E-state index in [1.807, 2.05) is 32.6 Å². The monoisotopic (exact) mass is 302 g/mol. The topological polar surface area (TPSA) is 60.4 Å². The molecule has 0 aromatic carbocycles. The molecule has 0 saturated carbocycles. The molecule has 1 rings (SSSR count). The number of ether oxygens (including phenoxy) is 2. The molecule has 7 heteroatoms. The van der Waals surface area contributed by atoms with Gasteiger partial charge in [-0.3, -0.25) is 0 Å². The third-order valence-electron chi connectivity index (χ3n) is 3.11. The van der Waals surface area contributed by atoms with Crippen molar-refractivity contribution in [3.05, 3.63) is 5.28 Å². The van der Waals surface area contributed by atoms with Crippen molar-refractivity contribution >= 4 is 17.5 Å². The van der Waals surface area contributed by atoms with E-state index in [1.165, 1.54) is 0 Å². The molecule has 0 bridgehead atoms. The minimum atomic E-state index is -0.238. The van der Waals surface area contributed by atoms with E-state index in [0.717, 1.165) is 19.5 Å². The van der Waals surface area contributed by atoms with Gasteiger partial charge in [0, 0.05) is 26.6 Å². The van der Waals surface area contributed by atoms with Gasteiger partial charge < -0.3 is 14.4 Å². The molecule has 0 unspecified atom stereocenters. The second kappa shape index (κ2) is 7.59. The Balaban J connectivity index is 2.71. The Bertz CT molecular complexity index is 425. The van der Waals surface area contributed by atoms with Crippen LogP contribution in [0.4, 0.5) is 5.95 Å². The van der Waals surface area contributed by atoms with Crippen LogP contribution >= 0.6 is 11.6 Å². The summed E-state index contributed by atoms with van der Waals surface area (Å²) >= 11 is 5.91. The Morgan fingerprint density at radius 3 is 2.35 bits per heavy atom. The maximum absolute atomic E-state index is 5.91. The van der Waals surface area contributed by atoms with E-state index < -0.39 is 0 Å². The van der Waals surface area contributed by atoms with Crippen LogP contribution in [0.5, 0.6) is 6.01 Å². The first kappa shape index (κ1) is 16.9. The van der Waals surface area contributed by atoms with Gasteiger partial charge in [-0.15, -0.1) is 0 Å². The number of rotatable bonds is 8. The van der Waals surface area contributed by atoms with Crippen molar-refractivity contribution in [1.82, 2.24) is 15.0 Å². The third kappa shape index (κ3) is 5.09. The zero-order valence-corrected chi connectivity index (χ0v) is 13.6. The molecule has 0 spiro atoms. The summed E-state index contributed by atoms with van der Waals surface area (Å²) in [5.41, 5.74) is -0.238. The van der Waals surface area contributed by atoms with Gasteiger partial charge >= 0.3 is 6.01 Å². The predicted molar refractivity (Wildman–Crippen MR) is 79.6 cm³/mol. The average molecular weight is 303 g/mol. The lowest BCUT2D eigenvalue weighted by Gasteiger charge is -2.22. The summed E-state index contributed by atoms with van der Waals surface area (Å²) in [6, 6.07) is 0.249. The molecule has 0 aliphatic carbocycles. The molecule has 0 atom stereocenters. The van der Waals surface area contributed by atoms with E-state index in [9.17, 15) is 0 Å². The van der Waals surface area contributed by atoms with Crippen molar-refractivity contribution in [2.24, 2.45) is 0 Å². The van der Waals surface area contributed by atoms with Crippen molar-refractivity contribution in [3.63, 3.8) is 0 Å². The maximum Gasteiger partial charge on any atom is 0.322 e. The van der Waals surface area contributed by atoms with E-state index in [1.54, 1.807) is 7.11 Å². The summed E-state index contributed by atoms with van der Waals surface area (Å²) in [5, 5.41) is 0.142. The van der Waals surface area contributed by atoms with Gasteiger partial charge in [0.15, 0.2) is 0 Å². The van der Waals surface area contributed by atoms with Crippen LogP contribution in [0.15, 0.2) is 0 Å². The highest BCUT2D eigenvalue weighted by Gasteiger charge is 2.17. The van der Waals surface area contributed by atoms with Crippen LogP contribution in [0.1, 0.15) is 34.1 Å². The highest BCUT2D eigenvalue weighted by molar-refractivity contribution is 6.28. The molecule has 1 aromatic heterocycles. The van der Waals surface area contributed by atoms with Crippen LogP contribution in [-0.2, 0) is 4.74 Å². The van der Waals surface area contributed by atoms with Crippen LogP contribution in [0, 0.1) is 0 Å². The van der Waals surface area contributed by atoms with Gasteiger partial charge in [0.2, 0.25) is 11.2 Å². The molecule has 0 saturated heterocycles. The Kier molecular flexibility index (Phi) is 6.42. The molecule has 0 fully saturated rings. The fourth-order valence-electron chi connectivity index (χ4n) is 1.52. The van der Waals surface area contributed by atoms with Gasteiger partial charge in [-0.1, -0.05) is 0 Å². The van der Waals surface area contributed by atoms with Gasteiger partial charge in [0.25, 0.3) is 0 Å². The molecular weight excluding hydrogens is 280 g/mol. The van der Waals surface area contributed by atoms with E-state index in [0.29, 0.717) is 12.6 Å². The van der Waals surface area contributed by atoms with Gasteiger partial charge in [0.1, 0.15) is 0 Å². The zero-order chi connectivity index (χ0) is 15.2. The Morgan fingerprint density at radius 2 is 1.80 bits per heavy atom. The maximum atomic E-state index is 5.91. The molecule has 0 radical (unpaired) electrons. The summed E-state index contributed by atoms with van der Waals surface area (Å²) in [4.78, 5) is 14.4. The number of nitrogens with zero attached hydrogens (tertiary/aromatic N) is 4. The molecule has 1 aromatic rings. The Labute approximate surface area is 125 Å². The fraction of sp³-hybridized carbons (Fsp3) is 0.769. The molecule has 0 aliphatic rings. The fourth-order valence-corrected chi connectivity index (χ4v) is 1.67. The van der Waals surface area contributed by atoms with E-state index >= 15 is 0 Å². The van der Waals surface area contributed by atoms with Gasteiger partial charge in [0.05, 0.1) is 12.2 Å². The van der Waals surface area contributed by atoms with Crippen LogP contribution in [0.2, 0.25) is 5.28 Å². The quantitative estimate of drug-likeness (QED) is 0.735. The molecule has 1 heterocycles. The highest BCUT2D eigenvalue weighted by Crippen LogP contribution is 2.17. The highest BCUT2D eigenvalue weighted by atomic mass is 35.5. The molecule has 0 amide bonds. The Morgan fingerprint density at radius 1 is 1.15 bits per heavy atom. The number of halogens is 1. The lowest BCUT2D eigenvalue weighted by atomic mass is 10.1. The van der Waals surface area contributed by atoms with Crippen molar-refractivity contribution in [1.29, 1.82) is 0 Å². The predicted octanol–water partition coefficient (Wildman–Crippen LogP) is 2.57. The second-order valence-corrected chi connectivity index (χ2v) is 5.26. The third-order valence-corrected chi connectivity index (χ3v) is 3.28. The summed E-state index contributed by atoms with van der Waals surface area (Å²) < 4.78 is 10.9. The molecule has 6 nitrogen and oxygen atoms in total. The van der Waals surface area contributed by atoms with Crippen molar-refractivity contribution in [2.45, 2.75) is 39.7 Å². The number of aromatic nitrogens is 3. The van der Waals surface area contributed by atoms with E-state index in [4.69, 9.17) is 21.1 Å². The van der Waals surface area contributed by atoms with Crippen LogP contribution in [-0.4, -0.2) is 47.4 Å². The summed E-state index contributed by atoms with van der Waals surface area (Å²) in [7, 11) is 1.68. The first-order chi connectivity index (χ1) is 9.41.